The molecule has 33 heavy (non-hydrogen) atoms. The molecule has 8 heteroatoms. The van der Waals surface area contributed by atoms with Crippen molar-refractivity contribution in [1.29, 1.82) is 0 Å². The van der Waals surface area contributed by atoms with Crippen LogP contribution in [0.15, 0.2) is 69.2 Å². The van der Waals surface area contributed by atoms with Crippen LogP contribution in [0.4, 0.5) is 11.4 Å². The van der Waals surface area contributed by atoms with Crippen molar-refractivity contribution in [2.45, 2.75) is 19.4 Å². The van der Waals surface area contributed by atoms with Gasteiger partial charge in [-0.1, -0.05) is 30.7 Å². The number of Topliss-reactive ketones (excluding diaryl/α,β-unsaturated/α-hetero) is 1. The van der Waals surface area contributed by atoms with Crippen LogP contribution in [-0.2, 0) is 14.3 Å². The van der Waals surface area contributed by atoms with E-state index in [2.05, 4.69) is 10.6 Å². The van der Waals surface area contributed by atoms with Crippen molar-refractivity contribution in [2.75, 3.05) is 17.7 Å². The molecule has 2 N–H and O–H groups in total. The highest BCUT2D eigenvalue weighted by Crippen LogP contribution is 2.43. The molecule has 0 amide bonds. The lowest BCUT2D eigenvalue weighted by Gasteiger charge is -2.32. The number of hydrogen-bond donors (Lipinski definition) is 2. The lowest BCUT2D eigenvalue weighted by atomic mass is 9.75. The zero-order valence-electron chi connectivity index (χ0n) is 18.0. The fraction of sp³-hybridized carbons (Fsp3) is 0.240. The Morgan fingerprint density at radius 3 is 2.67 bits per heavy atom. The van der Waals surface area contributed by atoms with Crippen molar-refractivity contribution in [2.24, 2.45) is 11.8 Å². The van der Waals surface area contributed by atoms with E-state index < -0.39 is 17.9 Å². The fourth-order valence-corrected chi connectivity index (χ4v) is 4.86. The van der Waals surface area contributed by atoms with Gasteiger partial charge in [-0.3, -0.25) is 14.4 Å². The minimum absolute atomic E-state index is 0.252. The van der Waals surface area contributed by atoms with Gasteiger partial charge >= 0.3 is 5.97 Å². The van der Waals surface area contributed by atoms with Gasteiger partial charge in [-0.05, 0) is 42.7 Å². The Labute approximate surface area is 194 Å². The lowest BCUT2D eigenvalue weighted by molar-refractivity contribution is -0.151. The summed E-state index contributed by atoms with van der Waals surface area (Å²) in [5, 5.41) is 7.41. The van der Waals surface area contributed by atoms with E-state index in [4.69, 9.17) is 20.8 Å². The minimum Gasteiger partial charge on any atom is -0.468 e. The number of halogens is 1. The van der Waals surface area contributed by atoms with Crippen molar-refractivity contribution < 1.29 is 18.7 Å². The third-order valence-corrected chi connectivity index (χ3v) is 6.53. The van der Waals surface area contributed by atoms with Gasteiger partial charge in [0.25, 0.3) is 0 Å². The van der Waals surface area contributed by atoms with Gasteiger partial charge in [-0.2, -0.15) is 0 Å². The van der Waals surface area contributed by atoms with E-state index in [0.29, 0.717) is 33.7 Å². The zero-order valence-corrected chi connectivity index (χ0v) is 18.7. The molecule has 1 aromatic heterocycles. The number of fused-ring (bicyclic) bond motifs is 2. The quantitative estimate of drug-likeness (QED) is 0.420. The maximum Gasteiger partial charge on any atom is 0.316 e. The van der Waals surface area contributed by atoms with E-state index in [0.717, 1.165) is 11.4 Å². The number of esters is 1. The molecule has 0 fully saturated rings. The third kappa shape index (κ3) is 3.49. The summed E-state index contributed by atoms with van der Waals surface area (Å²) < 4.78 is 10.7. The molecular weight excluding hydrogens is 444 g/mol. The molecule has 0 saturated carbocycles. The van der Waals surface area contributed by atoms with Crippen LogP contribution >= 0.6 is 11.6 Å². The summed E-state index contributed by atoms with van der Waals surface area (Å²) in [6, 6.07) is 11.5. The number of rotatable bonds is 2. The lowest BCUT2D eigenvalue weighted by Crippen LogP contribution is -2.40. The molecule has 0 unspecified atom stereocenters. The summed E-state index contributed by atoms with van der Waals surface area (Å²) in [5.41, 5.74) is 2.83. The van der Waals surface area contributed by atoms with Gasteiger partial charge in [0.15, 0.2) is 11.2 Å². The summed E-state index contributed by atoms with van der Waals surface area (Å²) in [6.07, 6.45) is 1.81. The maximum absolute atomic E-state index is 13.7. The number of nitrogens with one attached hydrogen (secondary N) is 2. The van der Waals surface area contributed by atoms with E-state index in [1.165, 1.54) is 13.4 Å². The highest BCUT2D eigenvalue weighted by atomic mass is 35.5. The molecule has 2 aliphatic rings. The molecule has 0 bridgehead atoms. The van der Waals surface area contributed by atoms with Crippen LogP contribution in [0.5, 0.6) is 0 Å². The fourth-order valence-electron chi connectivity index (χ4n) is 4.68. The Hall–Kier alpha value is -3.58. The Balaban J connectivity index is 1.74. The standard InChI is InChI=1S/C25H21ClN2O5/c1-12-9-18-21(24(30)20(12)25(31)32-2)22(28-17-6-4-3-5-16(17)27-18)15-11-33-19-8-7-13(26)10-14(19)23(15)29/h3-8,10-12,20,22,27-28H,9H2,1-2H3/t12-,20+,22+/m1/s1. The van der Waals surface area contributed by atoms with Gasteiger partial charge in [0.2, 0.25) is 0 Å². The van der Waals surface area contributed by atoms with E-state index in [1.807, 2.05) is 31.2 Å². The average Bonchev–Trinajstić information content (AvgIpc) is 2.96. The van der Waals surface area contributed by atoms with Crippen LogP contribution in [-0.4, -0.2) is 18.9 Å². The normalized spacial score (nSPS) is 22.0. The molecule has 3 atom stereocenters. The number of carbonyl (C=O) groups excluding carboxylic acids is 2. The number of carbonyl (C=O) groups is 2. The summed E-state index contributed by atoms with van der Waals surface area (Å²) in [6.45, 7) is 1.84. The summed E-state index contributed by atoms with van der Waals surface area (Å²) in [7, 11) is 1.27. The van der Waals surface area contributed by atoms with Crippen molar-refractivity contribution in [3.05, 3.63) is 80.8 Å². The molecule has 3 aromatic rings. The molecule has 7 nitrogen and oxygen atoms in total. The smallest absolute Gasteiger partial charge is 0.316 e. The number of benzene rings is 2. The Bertz CT molecular complexity index is 1390. The monoisotopic (exact) mass is 464 g/mol. The van der Waals surface area contributed by atoms with Crippen molar-refractivity contribution >= 4 is 45.7 Å². The Morgan fingerprint density at radius 1 is 1.15 bits per heavy atom. The zero-order chi connectivity index (χ0) is 23.3. The van der Waals surface area contributed by atoms with Gasteiger partial charge in [0.1, 0.15) is 17.8 Å². The molecule has 0 radical (unpaired) electrons. The predicted molar refractivity (Wildman–Crippen MR) is 125 cm³/mol. The average molecular weight is 465 g/mol. The highest BCUT2D eigenvalue weighted by Gasteiger charge is 2.45. The molecule has 168 valence electrons. The first kappa shape index (κ1) is 21.3. The van der Waals surface area contributed by atoms with Gasteiger partial charge in [0, 0.05) is 16.3 Å². The van der Waals surface area contributed by atoms with Crippen LogP contribution < -0.4 is 16.1 Å². The summed E-state index contributed by atoms with van der Waals surface area (Å²) >= 11 is 6.12. The number of ketones is 1. The number of ether oxygens (including phenoxy) is 1. The van der Waals surface area contributed by atoms with Crippen LogP contribution in [0, 0.1) is 11.8 Å². The van der Waals surface area contributed by atoms with E-state index in [-0.39, 0.29) is 22.7 Å². The Kier molecular flexibility index (Phi) is 5.21. The number of anilines is 2. The maximum atomic E-state index is 13.7. The molecular formula is C25H21ClN2O5. The van der Waals surface area contributed by atoms with Crippen LogP contribution in [0.3, 0.4) is 0 Å². The van der Waals surface area contributed by atoms with E-state index in [9.17, 15) is 14.4 Å². The van der Waals surface area contributed by atoms with Crippen LogP contribution in [0.25, 0.3) is 11.0 Å². The van der Waals surface area contributed by atoms with E-state index >= 15 is 0 Å². The second kappa shape index (κ2) is 8.08. The first-order chi connectivity index (χ1) is 15.9. The third-order valence-electron chi connectivity index (χ3n) is 6.30. The molecule has 5 rings (SSSR count). The van der Waals surface area contributed by atoms with Crippen molar-refractivity contribution in [3.8, 4) is 0 Å². The predicted octanol–water partition coefficient (Wildman–Crippen LogP) is 4.68. The van der Waals surface area contributed by atoms with Crippen molar-refractivity contribution in [3.63, 3.8) is 0 Å². The van der Waals surface area contributed by atoms with E-state index in [1.54, 1.807) is 18.2 Å². The van der Waals surface area contributed by atoms with Gasteiger partial charge in [0.05, 0.1) is 35.5 Å². The molecule has 1 aliphatic carbocycles. The number of hydrogen-bond acceptors (Lipinski definition) is 7. The minimum atomic E-state index is -0.956. The van der Waals surface area contributed by atoms with Crippen molar-refractivity contribution in [1.82, 2.24) is 0 Å². The summed E-state index contributed by atoms with van der Waals surface area (Å²) in [5.74, 6) is -2.19. The molecule has 2 heterocycles. The van der Waals surface area contributed by atoms with Crippen LogP contribution in [0.2, 0.25) is 5.02 Å². The Morgan fingerprint density at radius 2 is 1.91 bits per heavy atom. The van der Waals surface area contributed by atoms with Gasteiger partial charge in [-0.25, -0.2) is 0 Å². The number of allylic oxidation sites excluding steroid dienone is 1. The number of para-hydroxylation sites is 2. The topological polar surface area (TPSA) is 97.6 Å². The summed E-state index contributed by atoms with van der Waals surface area (Å²) in [4.78, 5) is 39.7. The molecule has 2 aromatic carbocycles. The number of methoxy groups -OCH3 is 1. The largest absolute Gasteiger partial charge is 0.468 e. The SMILES string of the molecule is COC(=O)[C@@H]1C(=O)C2=C(C[C@H]1C)Nc1ccccc1N[C@H]2c1coc2ccc(Cl)cc2c1=O. The molecule has 0 spiro atoms. The second-order valence-electron chi connectivity index (χ2n) is 8.35. The van der Waals surface area contributed by atoms with Crippen LogP contribution in [0.1, 0.15) is 24.9 Å². The van der Waals surface area contributed by atoms with Gasteiger partial charge < -0.3 is 19.8 Å². The second-order valence-corrected chi connectivity index (χ2v) is 8.78. The first-order valence-electron chi connectivity index (χ1n) is 10.6. The highest BCUT2D eigenvalue weighted by molar-refractivity contribution is 6.31. The molecule has 0 saturated heterocycles. The molecule has 1 aliphatic heterocycles. The first-order valence-corrected chi connectivity index (χ1v) is 11.0. The van der Waals surface area contributed by atoms with Gasteiger partial charge in [-0.15, -0.1) is 0 Å².